The Morgan fingerprint density at radius 1 is 1.25 bits per heavy atom. The topological polar surface area (TPSA) is 75.6 Å². The molecule has 0 spiro atoms. The quantitative estimate of drug-likeness (QED) is 0.726. The minimum atomic E-state index is -0.121. The van der Waals surface area contributed by atoms with Crippen molar-refractivity contribution in [2.75, 3.05) is 0 Å². The van der Waals surface area contributed by atoms with E-state index in [9.17, 15) is 4.79 Å². The summed E-state index contributed by atoms with van der Waals surface area (Å²) >= 11 is 0. The first-order valence-electron chi connectivity index (χ1n) is 9.98. The van der Waals surface area contributed by atoms with Gasteiger partial charge in [-0.3, -0.25) is 9.89 Å². The van der Waals surface area contributed by atoms with Gasteiger partial charge in [0.1, 0.15) is 5.69 Å². The van der Waals surface area contributed by atoms with Crippen molar-refractivity contribution in [3.05, 3.63) is 65.2 Å². The molecule has 28 heavy (non-hydrogen) atoms. The molecule has 5 rings (SSSR count). The molecule has 2 aliphatic rings. The number of carbonyl (C=O) groups excluding carboxylic acids is 1. The second-order valence-electron chi connectivity index (χ2n) is 8.85. The van der Waals surface area contributed by atoms with Crippen LogP contribution in [0.4, 0.5) is 0 Å². The van der Waals surface area contributed by atoms with Gasteiger partial charge in [-0.15, -0.1) is 0 Å². The van der Waals surface area contributed by atoms with Crippen LogP contribution in [0.25, 0.3) is 5.69 Å². The predicted octanol–water partition coefficient (Wildman–Crippen LogP) is 3.92. The van der Waals surface area contributed by atoms with Crippen molar-refractivity contribution in [2.24, 2.45) is 5.41 Å². The van der Waals surface area contributed by atoms with E-state index in [0.29, 0.717) is 11.6 Å². The molecule has 6 heteroatoms. The molecule has 3 aromatic rings. The summed E-state index contributed by atoms with van der Waals surface area (Å²) in [5, 5.41) is 15.1. The molecule has 0 radical (unpaired) electrons. The average molecular weight is 375 g/mol. The Bertz CT molecular complexity index is 1010. The van der Waals surface area contributed by atoms with Crippen LogP contribution in [0.2, 0.25) is 0 Å². The molecule has 0 bridgehead atoms. The van der Waals surface area contributed by atoms with Crippen molar-refractivity contribution in [3.8, 4) is 5.69 Å². The minimum absolute atomic E-state index is 0.0650. The number of H-pyrrole nitrogens is 1. The van der Waals surface area contributed by atoms with E-state index >= 15 is 0 Å². The molecular formula is C22H25N5O. The lowest BCUT2D eigenvalue weighted by molar-refractivity contribution is 0.0914. The van der Waals surface area contributed by atoms with Crippen LogP contribution in [0.3, 0.4) is 0 Å². The number of hydrogen-bond donors (Lipinski definition) is 2. The zero-order valence-corrected chi connectivity index (χ0v) is 16.3. The van der Waals surface area contributed by atoms with Crippen molar-refractivity contribution in [3.63, 3.8) is 0 Å². The third-order valence-electron chi connectivity index (χ3n) is 5.83. The van der Waals surface area contributed by atoms with Gasteiger partial charge in [-0.1, -0.05) is 32.0 Å². The van der Waals surface area contributed by atoms with Gasteiger partial charge >= 0.3 is 0 Å². The summed E-state index contributed by atoms with van der Waals surface area (Å²) in [5.74, 6) is 0.433. The summed E-state index contributed by atoms with van der Waals surface area (Å²) in [6, 6.07) is 12.0. The molecule has 2 aromatic heterocycles. The van der Waals surface area contributed by atoms with Crippen molar-refractivity contribution >= 4 is 5.91 Å². The number of hydrogen-bond acceptors (Lipinski definition) is 3. The lowest BCUT2D eigenvalue weighted by Gasteiger charge is -2.35. The summed E-state index contributed by atoms with van der Waals surface area (Å²) < 4.78 is 2.01. The van der Waals surface area contributed by atoms with Gasteiger partial charge in [0.05, 0.1) is 23.6 Å². The molecule has 2 aliphatic carbocycles. The summed E-state index contributed by atoms with van der Waals surface area (Å²) in [7, 11) is 0. The highest BCUT2D eigenvalue weighted by Crippen LogP contribution is 2.42. The number of para-hydroxylation sites is 1. The number of benzene rings is 1. The molecule has 0 unspecified atom stereocenters. The Morgan fingerprint density at radius 3 is 2.79 bits per heavy atom. The van der Waals surface area contributed by atoms with Gasteiger partial charge in [-0.25, -0.2) is 4.68 Å². The highest BCUT2D eigenvalue weighted by Gasteiger charge is 2.36. The maximum Gasteiger partial charge on any atom is 0.272 e. The van der Waals surface area contributed by atoms with E-state index in [1.807, 2.05) is 35.1 Å². The SMILES string of the molecule is CC1(C)Cc2c(cnn2-c2ccccc2)[C@@H](NC(=O)c2cc(C3CC3)[nH]n2)C1. The van der Waals surface area contributed by atoms with Crippen molar-refractivity contribution in [1.29, 1.82) is 0 Å². The molecule has 6 nitrogen and oxygen atoms in total. The number of nitrogens with one attached hydrogen (secondary N) is 2. The van der Waals surface area contributed by atoms with E-state index in [1.165, 1.54) is 18.5 Å². The van der Waals surface area contributed by atoms with E-state index in [-0.39, 0.29) is 17.4 Å². The van der Waals surface area contributed by atoms with E-state index in [1.54, 1.807) is 0 Å². The second kappa shape index (κ2) is 6.33. The lowest BCUT2D eigenvalue weighted by Crippen LogP contribution is -2.37. The summed E-state index contributed by atoms with van der Waals surface area (Å²) in [6.45, 7) is 4.49. The fourth-order valence-electron chi connectivity index (χ4n) is 4.25. The third kappa shape index (κ3) is 3.13. The Hall–Kier alpha value is -2.89. The van der Waals surface area contributed by atoms with Crippen LogP contribution in [-0.2, 0) is 6.42 Å². The first-order chi connectivity index (χ1) is 13.5. The number of rotatable bonds is 4. The molecule has 2 heterocycles. The Morgan fingerprint density at radius 2 is 2.04 bits per heavy atom. The number of amides is 1. The van der Waals surface area contributed by atoms with Crippen LogP contribution in [-0.4, -0.2) is 25.9 Å². The standard InChI is InChI=1S/C22H25N5O/c1-22(2)11-19(24-21(28)18-10-17(25-26-18)14-8-9-14)16-13-23-27(20(16)12-22)15-6-4-3-5-7-15/h3-7,10,13-14,19H,8-9,11-12H2,1-2H3,(H,24,28)(H,25,26)/t19-/m0/s1. The van der Waals surface area contributed by atoms with Crippen LogP contribution < -0.4 is 5.32 Å². The highest BCUT2D eigenvalue weighted by atomic mass is 16.2. The second-order valence-corrected chi connectivity index (χ2v) is 8.85. The minimum Gasteiger partial charge on any atom is -0.344 e. The number of aromatic amines is 1. The van der Waals surface area contributed by atoms with Gasteiger partial charge in [0.2, 0.25) is 0 Å². The van der Waals surface area contributed by atoms with Crippen LogP contribution in [0.5, 0.6) is 0 Å². The number of fused-ring (bicyclic) bond motifs is 1. The smallest absolute Gasteiger partial charge is 0.272 e. The fourth-order valence-corrected chi connectivity index (χ4v) is 4.25. The summed E-state index contributed by atoms with van der Waals surface area (Å²) in [6.07, 6.45) is 6.08. The van der Waals surface area contributed by atoms with Gasteiger partial charge in [0.15, 0.2) is 0 Å². The summed E-state index contributed by atoms with van der Waals surface area (Å²) in [5.41, 5.74) is 4.95. The molecule has 1 aromatic carbocycles. The highest BCUT2D eigenvalue weighted by molar-refractivity contribution is 5.92. The first-order valence-corrected chi connectivity index (χ1v) is 9.98. The Kier molecular flexibility index (Phi) is 3.89. The number of carbonyl (C=O) groups is 1. The third-order valence-corrected chi connectivity index (χ3v) is 5.83. The largest absolute Gasteiger partial charge is 0.344 e. The lowest BCUT2D eigenvalue weighted by atomic mass is 9.74. The van der Waals surface area contributed by atoms with Crippen molar-refractivity contribution in [2.45, 2.75) is 51.5 Å². The van der Waals surface area contributed by atoms with Crippen LogP contribution in [0, 0.1) is 5.41 Å². The Labute approximate surface area is 164 Å². The normalized spacial score (nSPS) is 20.6. The van der Waals surface area contributed by atoms with E-state index in [2.05, 4.69) is 46.6 Å². The number of aromatic nitrogens is 4. The Balaban J connectivity index is 1.44. The van der Waals surface area contributed by atoms with E-state index < -0.39 is 0 Å². The van der Waals surface area contributed by atoms with E-state index in [0.717, 1.165) is 29.8 Å². The van der Waals surface area contributed by atoms with Gasteiger partial charge in [-0.2, -0.15) is 10.2 Å². The molecule has 1 fully saturated rings. The monoisotopic (exact) mass is 375 g/mol. The van der Waals surface area contributed by atoms with Crippen molar-refractivity contribution < 1.29 is 4.79 Å². The predicted molar refractivity (Wildman–Crippen MR) is 106 cm³/mol. The first kappa shape index (κ1) is 17.2. The zero-order chi connectivity index (χ0) is 19.3. The number of nitrogens with zero attached hydrogens (tertiary/aromatic N) is 3. The molecule has 0 saturated heterocycles. The molecule has 0 aliphatic heterocycles. The van der Waals surface area contributed by atoms with Gasteiger partial charge in [0, 0.05) is 17.2 Å². The van der Waals surface area contributed by atoms with Crippen LogP contribution in [0.1, 0.15) is 72.5 Å². The maximum absolute atomic E-state index is 12.8. The maximum atomic E-state index is 12.8. The van der Waals surface area contributed by atoms with Crippen LogP contribution in [0.15, 0.2) is 42.6 Å². The van der Waals surface area contributed by atoms with Crippen molar-refractivity contribution in [1.82, 2.24) is 25.3 Å². The molecule has 1 saturated carbocycles. The van der Waals surface area contributed by atoms with Gasteiger partial charge < -0.3 is 5.32 Å². The molecule has 1 atom stereocenters. The zero-order valence-electron chi connectivity index (χ0n) is 16.3. The van der Waals surface area contributed by atoms with Crippen LogP contribution >= 0.6 is 0 Å². The molecular weight excluding hydrogens is 350 g/mol. The fraction of sp³-hybridized carbons (Fsp3) is 0.409. The average Bonchev–Trinajstić information content (AvgIpc) is 3.24. The van der Waals surface area contributed by atoms with E-state index in [4.69, 9.17) is 0 Å². The summed E-state index contributed by atoms with van der Waals surface area (Å²) in [4.78, 5) is 12.8. The van der Waals surface area contributed by atoms with Gasteiger partial charge in [-0.05, 0) is 49.3 Å². The van der Waals surface area contributed by atoms with Gasteiger partial charge in [0.25, 0.3) is 5.91 Å². The molecule has 144 valence electrons. The molecule has 1 amide bonds. The molecule has 2 N–H and O–H groups in total.